The van der Waals surface area contributed by atoms with Crippen LogP contribution in [-0.4, -0.2) is 29.2 Å². The van der Waals surface area contributed by atoms with E-state index < -0.39 is 0 Å². The first-order chi connectivity index (χ1) is 16.4. The molecule has 3 heteroatoms. The molecule has 0 saturated carbocycles. The number of aliphatic hydroxyl groups excluding tert-OH is 2. The Balaban J connectivity index is 0.00000612. The smallest absolute Gasteiger partial charge is 0.132 e. The summed E-state index contributed by atoms with van der Waals surface area (Å²) in [4.78, 5) is 12.3. The molecule has 0 aliphatic carbocycles. The molecule has 2 rings (SSSR count). The largest absolute Gasteiger partial charge is 0.396 e. The number of ketones is 1. The van der Waals surface area contributed by atoms with Gasteiger partial charge in [-0.2, -0.15) is 0 Å². The molecule has 196 valence electrons. The van der Waals surface area contributed by atoms with Gasteiger partial charge in [0.1, 0.15) is 5.78 Å². The van der Waals surface area contributed by atoms with E-state index in [9.17, 15) is 15.0 Å². The average Bonchev–Trinajstić information content (AvgIpc) is 2.85. The molecule has 2 unspecified atom stereocenters. The summed E-state index contributed by atoms with van der Waals surface area (Å²) in [5.74, 6) is 0.391. The van der Waals surface area contributed by atoms with Gasteiger partial charge in [-0.05, 0) is 60.5 Å². The van der Waals surface area contributed by atoms with E-state index in [0.717, 1.165) is 64.2 Å². The van der Waals surface area contributed by atoms with Crippen molar-refractivity contribution >= 4 is 5.78 Å². The highest BCUT2D eigenvalue weighted by atomic mass is 16.3. The van der Waals surface area contributed by atoms with E-state index in [4.69, 9.17) is 0 Å². The number of unbranched alkanes of at least 4 members (excludes halogenated alkanes) is 4. The number of rotatable bonds is 18. The van der Waals surface area contributed by atoms with Crippen LogP contribution in [-0.2, 0) is 15.6 Å². The van der Waals surface area contributed by atoms with Crippen LogP contribution >= 0.6 is 0 Å². The van der Waals surface area contributed by atoms with Crippen molar-refractivity contribution in [2.24, 2.45) is 0 Å². The van der Waals surface area contributed by atoms with Gasteiger partial charge in [-0.3, -0.25) is 4.79 Å². The van der Waals surface area contributed by atoms with E-state index in [1.165, 1.54) is 11.1 Å². The Hall–Kier alpha value is -1.97. The van der Waals surface area contributed by atoms with Crippen LogP contribution in [0.25, 0.3) is 0 Å². The molecule has 0 amide bonds. The molecule has 0 aliphatic heterocycles. The van der Waals surface area contributed by atoms with Crippen LogP contribution in [0.15, 0.2) is 60.7 Å². The predicted octanol–water partition coefficient (Wildman–Crippen LogP) is 7.77. The molecule has 2 N–H and O–H groups in total. The summed E-state index contributed by atoms with van der Waals surface area (Å²) in [6.07, 6.45) is 11.2. The summed E-state index contributed by atoms with van der Waals surface area (Å²) in [6, 6.07) is 21.0. The van der Waals surface area contributed by atoms with Crippen molar-refractivity contribution < 1.29 is 15.0 Å². The van der Waals surface area contributed by atoms with Crippen LogP contribution in [0.4, 0.5) is 0 Å². The molecule has 3 nitrogen and oxygen atoms in total. The second-order valence-corrected chi connectivity index (χ2v) is 10.5. The fraction of sp³-hybridized carbons (Fsp3) is 0.594. The summed E-state index contributed by atoms with van der Waals surface area (Å²) in [5, 5.41) is 19.1. The van der Waals surface area contributed by atoms with Gasteiger partial charge in [0, 0.05) is 26.1 Å². The molecular formula is C32H50O3. The topological polar surface area (TPSA) is 57.5 Å². The van der Waals surface area contributed by atoms with Gasteiger partial charge in [-0.15, -0.1) is 0 Å². The molecule has 0 aliphatic rings. The Labute approximate surface area is 215 Å². The zero-order valence-electron chi connectivity index (χ0n) is 21.5. The Morgan fingerprint density at radius 1 is 0.600 bits per heavy atom. The van der Waals surface area contributed by atoms with Crippen molar-refractivity contribution in [1.29, 1.82) is 0 Å². The summed E-state index contributed by atoms with van der Waals surface area (Å²) < 4.78 is 0. The van der Waals surface area contributed by atoms with Crippen molar-refractivity contribution in [2.45, 2.75) is 109 Å². The highest BCUT2D eigenvalue weighted by Crippen LogP contribution is 2.34. The number of carbonyl (C=O) groups excluding carboxylic acids is 1. The van der Waals surface area contributed by atoms with Gasteiger partial charge >= 0.3 is 0 Å². The third-order valence-corrected chi connectivity index (χ3v) is 7.64. The zero-order chi connectivity index (χ0) is 24.7. The van der Waals surface area contributed by atoms with E-state index in [0.29, 0.717) is 18.6 Å². The van der Waals surface area contributed by atoms with E-state index in [1.54, 1.807) is 0 Å². The molecule has 0 fully saturated rings. The van der Waals surface area contributed by atoms with Crippen molar-refractivity contribution in [2.75, 3.05) is 13.2 Å². The Kier molecular flexibility index (Phi) is 14.8. The van der Waals surface area contributed by atoms with Crippen LogP contribution in [0.5, 0.6) is 0 Å². The second kappa shape index (κ2) is 16.7. The molecule has 2 atom stereocenters. The highest BCUT2D eigenvalue weighted by molar-refractivity contribution is 5.78. The van der Waals surface area contributed by atoms with Crippen molar-refractivity contribution in [1.82, 2.24) is 0 Å². The first kappa shape index (κ1) is 31.1. The third kappa shape index (κ3) is 10.7. The lowest BCUT2D eigenvalue weighted by molar-refractivity contribution is -0.119. The van der Waals surface area contributed by atoms with Crippen molar-refractivity contribution in [3.63, 3.8) is 0 Å². The fourth-order valence-corrected chi connectivity index (χ4v) is 5.16. The normalized spacial score (nSPS) is 14.5. The molecule has 0 radical (unpaired) electrons. The van der Waals surface area contributed by atoms with Crippen LogP contribution in [0.3, 0.4) is 0 Å². The Bertz CT molecular complexity index is 737. The molecule has 2 aromatic carbocycles. The summed E-state index contributed by atoms with van der Waals surface area (Å²) in [7, 11) is 0. The predicted molar refractivity (Wildman–Crippen MR) is 149 cm³/mol. The minimum Gasteiger partial charge on any atom is -0.396 e. The van der Waals surface area contributed by atoms with Gasteiger partial charge in [-0.25, -0.2) is 0 Å². The highest BCUT2D eigenvalue weighted by Gasteiger charge is 2.26. The average molecular weight is 483 g/mol. The van der Waals surface area contributed by atoms with Gasteiger partial charge in [0.25, 0.3) is 0 Å². The molecule has 0 bridgehead atoms. The molecule has 2 aromatic rings. The lowest BCUT2D eigenvalue weighted by atomic mass is 9.75. The van der Waals surface area contributed by atoms with Crippen molar-refractivity contribution in [3.05, 3.63) is 71.8 Å². The summed E-state index contributed by atoms with van der Waals surface area (Å²) >= 11 is 0. The number of benzene rings is 2. The van der Waals surface area contributed by atoms with Crippen LogP contribution in [0, 0.1) is 0 Å². The summed E-state index contributed by atoms with van der Waals surface area (Å²) in [6.45, 7) is 4.89. The minimum absolute atomic E-state index is 0. The number of hydrogen-bond donors (Lipinski definition) is 2. The van der Waals surface area contributed by atoms with E-state index in [2.05, 4.69) is 62.4 Å². The van der Waals surface area contributed by atoms with E-state index in [1.807, 2.05) is 12.1 Å². The Morgan fingerprint density at radius 2 is 0.971 bits per heavy atom. The number of Topliss-reactive ketones (excluding diaryl/α,β-unsaturated/α-hetero) is 1. The fourth-order valence-electron chi connectivity index (χ4n) is 5.16. The standard InChI is InChI=1S/C31H46O3.CH4/c1-30(23-25-32,27-15-7-3-8-16-27)21-13-5-11-19-29(34)20-12-6-14-22-31(2,24-26-33)28-17-9-4-10-18-28;/h3-4,7-10,15-18,32-33H,5-6,11-14,19-26H2,1-2H3;1H4. The van der Waals surface area contributed by atoms with Crippen molar-refractivity contribution in [3.8, 4) is 0 Å². The van der Waals surface area contributed by atoms with Crippen LogP contribution in [0.2, 0.25) is 0 Å². The van der Waals surface area contributed by atoms with Gasteiger partial charge in [0.15, 0.2) is 0 Å². The molecular weight excluding hydrogens is 432 g/mol. The lowest BCUT2D eigenvalue weighted by Gasteiger charge is -2.30. The lowest BCUT2D eigenvalue weighted by Crippen LogP contribution is -2.23. The molecule has 0 spiro atoms. The molecule has 0 aromatic heterocycles. The van der Waals surface area contributed by atoms with Gasteiger partial charge in [-0.1, -0.05) is 108 Å². The Morgan fingerprint density at radius 3 is 1.31 bits per heavy atom. The van der Waals surface area contributed by atoms with E-state index in [-0.39, 0.29) is 31.5 Å². The van der Waals surface area contributed by atoms with Crippen LogP contribution in [0.1, 0.15) is 109 Å². The quantitative estimate of drug-likeness (QED) is 0.213. The first-order valence-corrected chi connectivity index (χ1v) is 13.3. The first-order valence-electron chi connectivity index (χ1n) is 13.3. The summed E-state index contributed by atoms with van der Waals surface area (Å²) in [5.41, 5.74) is 2.60. The zero-order valence-corrected chi connectivity index (χ0v) is 21.5. The third-order valence-electron chi connectivity index (χ3n) is 7.64. The SMILES string of the molecule is C.CC(CCO)(CCCCCC(=O)CCCCCC(C)(CCO)c1ccccc1)c1ccccc1. The minimum atomic E-state index is 0. The maximum atomic E-state index is 12.3. The maximum Gasteiger partial charge on any atom is 0.132 e. The number of carbonyl (C=O) groups is 1. The van der Waals surface area contributed by atoms with Gasteiger partial charge in [0.2, 0.25) is 0 Å². The van der Waals surface area contributed by atoms with E-state index >= 15 is 0 Å². The number of aliphatic hydroxyl groups is 2. The van der Waals surface area contributed by atoms with Gasteiger partial charge < -0.3 is 10.2 Å². The molecule has 0 heterocycles. The van der Waals surface area contributed by atoms with Gasteiger partial charge in [0.05, 0.1) is 0 Å². The molecule has 35 heavy (non-hydrogen) atoms. The number of hydrogen-bond acceptors (Lipinski definition) is 3. The molecule has 0 saturated heterocycles. The second-order valence-electron chi connectivity index (χ2n) is 10.5. The monoisotopic (exact) mass is 482 g/mol. The van der Waals surface area contributed by atoms with Crippen LogP contribution < -0.4 is 0 Å². The maximum absolute atomic E-state index is 12.3.